The fourth-order valence-corrected chi connectivity index (χ4v) is 3.80. The average molecular weight is 470 g/mol. The molecule has 2 aromatic heterocycles. The van der Waals surface area contributed by atoms with Gasteiger partial charge in [-0.05, 0) is 37.5 Å². The predicted molar refractivity (Wildman–Crippen MR) is 125 cm³/mol. The van der Waals surface area contributed by atoms with E-state index < -0.39 is 12.0 Å². The summed E-state index contributed by atoms with van der Waals surface area (Å²) in [6.07, 6.45) is 5.76. The zero-order valence-electron chi connectivity index (χ0n) is 19.0. The molecule has 0 radical (unpaired) electrons. The topological polar surface area (TPSA) is 87.9 Å². The lowest BCUT2D eigenvalue weighted by atomic mass is 9.91. The van der Waals surface area contributed by atoms with Crippen LogP contribution in [0, 0.1) is 0 Å². The summed E-state index contributed by atoms with van der Waals surface area (Å²) in [4.78, 5) is 4.31. The number of ether oxygens (including phenoxy) is 1. The average Bonchev–Trinajstić information content (AvgIpc) is 3.25. The van der Waals surface area contributed by atoms with Crippen molar-refractivity contribution in [1.82, 2.24) is 20.2 Å². The lowest BCUT2D eigenvalue weighted by Crippen LogP contribution is -2.43. The fourth-order valence-electron chi connectivity index (χ4n) is 3.80. The van der Waals surface area contributed by atoms with Crippen molar-refractivity contribution >= 4 is 5.82 Å². The first-order valence-electron chi connectivity index (χ1n) is 11.4. The second-order valence-corrected chi connectivity index (χ2v) is 8.68. The van der Waals surface area contributed by atoms with Crippen LogP contribution in [0.4, 0.5) is 14.6 Å². The minimum absolute atomic E-state index is 0.108. The van der Waals surface area contributed by atoms with E-state index in [4.69, 9.17) is 4.74 Å². The highest BCUT2D eigenvalue weighted by Gasteiger charge is 2.47. The smallest absolute Gasteiger partial charge is 0.255 e. The first-order chi connectivity index (χ1) is 16.4. The highest BCUT2D eigenvalue weighted by molar-refractivity contribution is 5.41. The number of rotatable bonds is 12. The maximum absolute atomic E-state index is 13.0. The van der Waals surface area contributed by atoms with Gasteiger partial charge in [-0.25, -0.2) is 8.78 Å². The summed E-state index contributed by atoms with van der Waals surface area (Å²) in [5.74, 6) is -1.47. The number of allylic oxidation sites excluding steroid dienone is 1. The molecule has 1 aliphatic carbocycles. The van der Waals surface area contributed by atoms with Gasteiger partial charge in [0, 0.05) is 49.5 Å². The predicted octanol–water partition coefficient (Wildman–Crippen LogP) is 4.78. The van der Waals surface area contributed by atoms with Crippen LogP contribution in [0.15, 0.2) is 65.7 Å². The quantitative estimate of drug-likeness (QED) is 0.356. The molecule has 2 aliphatic rings. The normalized spacial score (nSPS) is 19.0. The van der Waals surface area contributed by atoms with Crippen LogP contribution in [0.5, 0.6) is 5.75 Å². The van der Waals surface area contributed by atoms with Crippen LogP contribution in [0.25, 0.3) is 0 Å². The van der Waals surface area contributed by atoms with E-state index in [1.165, 1.54) is 0 Å². The van der Waals surface area contributed by atoms with Gasteiger partial charge in [0.2, 0.25) is 0 Å². The van der Waals surface area contributed by atoms with Gasteiger partial charge in [-0.3, -0.25) is 9.99 Å². The van der Waals surface area contributed by atoms with Crippen molar-refractivity contribution in [2.24, 2.45) is 10.3 Å². The Morgan fingerprint density at radius 1 is 1.21 bits per heavy atom. The van der Waals surface area contributed by atoms with Gasteiger partial charge < -0.3 is 10.1 Å². The zero-order chi connectivity index (χ0) is 24.0. The molecule has 1 N–H and O–H groups in total. The zero-order valence-corrected chi connectivity index (χ0v) is 19.0. The Morgan fingerprint density at radius 2 is 2.06 bits per heavy atom. The lowest BCUT2D eigenvalue weighted by Gasteiger charge is -2.34. The molecule has 4 rings (SSSR count). The molecule has 0 spiro atoms. The highest BCUT2D eigenvalue weighted by Crippen LogP contribution is 2.39. The molecule has 0 amide bonds. The number of hydrogen-bond donors (Lipinski definition) is 1. The van der Waals surface area contributed by atoms with E-state index in [0.717, 1.165) is 43.7 Å². The van der Waals surface area contributed by atoms with E-state index in [1.54, 1.807) is 18.3 Å². The Hall–Kier alpha value is -3.43. The third-order valence-corrected chi connectivity index (χ3v) is 5.66. The molecule has 1 unspecified atom stereocenters. The molecule has 8 nitrogen and oxygen atoms in total. The molecule has 1 atom stereocenters. The number of anilines is 1. The number of nitrogens with zero attached hydrogens (tertiary/aromatic N) is 6. The second-order valence-electron chi connectivity index (χ2n) is 8.68. The molecule has 3 heterocycles. The minimum atomic E-state index is -2.61. The van der Waals surface area contributed by atoms with E-state index >= 15 is 0 Å². The van der Waals surface area contributed by atoms with Gasteiger partial charge in [0.05, 0.1) is 12.2 Å². The van der Waals surface area contributed by atoms with Crippen LogP contribution in [0.2, 0.25) is 0 Å². The van der Waals surface area contributed by atoms with Crippen LogP contribution >= 0.6 is 0 Å². The Labute approximate surface area is 197 Å². The summed E-state index contributed by atoms with van der Waals surface area (Å²) >= 11 is 0. The first kappa shape index (κ1) is 23.7. The summed E-state index contributed by atoms with van der Waals surface area (Å²) in [6, 6.07) is 7.36. The third-order valence-electron chi connectivity index (χ3n) is 5.66. The van der Waals surface area contributed by atoms with E-state index in [2.05, 4.69) is 44.0 Å². The number of aromatic nitrogens is 3. The molecule has 1 aliphatic heterocycles. The number of aryl methyl sites for hydroxylation is 1. The van der Waals surface area contributed by atoms with Crippen molar-refractivity contribution in [3.8, 4) is 5.75 Å². The standard InChI is InChI=1S/C24H29F2N7O/c1-3-18-16-33(32-30-18)11-5-4-6-19-7-8-23(31-29-19)28-17(2)12-20-13-21(9-10-27-20)34-22-14-24(25,26)15-22/h3,7-10,13,18,22H,1-2,4-6,11-12,14-16H2,(H,28,31). The van der Waals surface area contributed by atoms with E-state index in [-0.39, 0.29) is 18.9 Å². The van der Waals surface area contributed by atoms with Gasteiger partial charge in [0.25, 0.3) is 5.92 Å². The number of nitrogens with one attached hydrogen (secondary N) is 1. The molecule has 0 bridgehead atoms. The molecular formula is C24H29F2N7O. The Bertz CT molecular complexity index is 1020. The van der Waals surface area contributed by atoms with E-state index in [0.29, 0.717) is 23.7 Å². The van der Waals surface area contributed by atoms with E-state index in [1.807, 2.05) is 23.2 Å². The molecule has 0 aromatic carbocycles. The number of hydrogen-bond acceptors (Lipinski definition) is 8. The Morgan fingerprint density at radius 3 is 2.76 bits per heavy atom. The van der Waals surface area contributed by atoms with Crippen LogP contribution in [0.3, 0.4) is 0 Å². The number of halogens is 2. The molecule has 10 heteroatoms. The Balaban J connectivity index is 1.17. The van der Waals surface area contributed by atoms with Gasteiger partial charge in [0.15, 0.2) is 5.82 Å². The monoisotopic (exact) mass is 469 g/mol. The summed E-state index contributed by atoms with van der Waals surface area (Å²) in [5.41, 5.74) is 2.35. The molecular weight excluding hydrogens is 440 g/mol. The summed E-state index contributed by atoms with van der Waals surface area (Å²) < 4.78 is 31.6. The molecule has 180 valence electrons. The molecule has 1 fully saturated rings. The SMILES string of the molecule is C=CC1CN(CCCCc2ccc(NC(=C)Cc3cc(OC4CC(F)(F)C4)ccn3)nn2)N=N1. The first-order valence-corrected chi connectivity index (χ1v) is 11.4. The Kier molecular flexibility index (Phi) is 7.44. The molecule has 34 heavy (non-hydrogen) atoms. The van der Waals surface area contributed by atoms with Gasteiger partial charge in [0.1, 0.15) is 17.9 Å². The summed E-state index contributed by atoms with van der Waals surface area (Å²) in [6.45, 7) is 9.45. The summed E-state index contributed by atoms with van der Waals surface area (Å²) in [7, 11) is 0. The van der Waals surface area contributed by atoms with Crippen LogP contribution in [-0.2, 0) is 12.8 Å². The van der Waals surface area contributed by atoms with E-state index in [9.17, 15) is 8.78 Å². The van der Waals surface area contributed by atoms with Crippen molar-refractivity contribution in [3.05, 3.63) is 66.8 Å². The van der Waals surface area contributed by atoms with Crippen molar-refractivity contribution in [1.29, 1.82) is 0 Å². The second kappa shape index (κ2) is 10.7. The fraction of sp³-hybridized carbons (Fsp3) is 0.458. The van der Waals surface area contributed by atoms with Gasteiger partial charge in [-0.15, -0.1) is 11.7 Å². The van der Waals surface area contributed by atoms with Gasteiger partial charge in [-0.2, -0.15) is 10.2 Å². The maximum atomic E-state index is 13.0. The van der Waals surface area contributed by atoms with Crippen LogP contribution in [-0.4, -0.2) is 51.3 Å². The minimum Gasteiger partial charge on any atom is -0.490 e. The van der Waals surface area contributed by atoms with Gasteiger partial charge >= 0.3 is 0 Å². The number of pyridine rings is 1. The largest absolute Gasteiger partial charge is 0.490 e. The van der Waals surface area contributed by atoms with Crippen LogP contribution in [0.1, 0.15) is 37.1 Å². The molecule has 2 aromatic rings. The van der Waals surface area contributed by atoms with Crippen molar-refractivity contribution in [3.63, 3.8) is 0 Å². The maximum Gasteiger partial charge on any atom is 0.255 e. The number of alkyl halides is 2. The highest BCUT2D eigenvalue weighted by atomic mass is 19.3. The number of unbranched alkanes of at least 4 members (excludes halogenated alkanes) is 1. The van der Waals surface area contributed by atoms with Crippen LogP contribution < -0.4 is 10.1 Å². The molecule has 0 saturated heterocycles. The lowest BCUT2D eigenvalue weighted by molar-refractivity contribution is -0.134. The van der Waals surface area contributed by atoms with Crippen molar-refractivity contribution < 1.29 is 13.5 Å². The van der Waals surface area contributed by atoms with Gasteiger partial charge in [-0.1, -0.05) is 17.9 Å². The van der Waals surface area contributed by atoms with Crippen molar-refractivity contribution in [2.75, 3.05) is 18.4 Å². The molecule has 1 saturated carbocycles. The summed E-state index contributed by atoms with van der Waals surface area (Å²) in [5, 5.41) is 21.9. The third kappa shape index (κ3) is 6.79. The van der Waals surface area contributed by atoms with Crippen molar-refractivity contribution in [2.45, 2.75) is 56.6 Å².